The molecule has 0 atom stereocenters. The zero-order valence-electron chi connectivity index (χ0n) is 16.8. The Labute approximate surface area is 182 Å². The molecule has 3 aromatic carbocycles. The van der Waals surface area contributed by atoms with Crippen LogP contribution in [0.5, 0.6) is 0 Å². The molecular formula is C25H18N4OS. The molecule has 6 aromatic rings. The van der Waals surface area contributed by atoms with Crippen molar-refractivity contribution in [2.24, 2.45) is 0 Å². The summed E-state index contributed by atoms with van der Waals surface area (Å²) < 4.78 is 7.87. The number of nitrogens with zero attached hydrogens (tertiary/aromatic N) is 4. The van der Waals surface area contributed by atoms with Gasteiger partial charge in [-0.05, 0) is 29.7 Å². The molecule has 0 aliphatic rings. The van der Waals surface area contributed by atoms with Gasteiger partial charge in [-0.1, -0.05) is 84.1 Å². The average Bonchev–Trinajstić information content (AvgIpc) is 3.48. The number of para-hydroxylation sites is 1. The molecular weight excluding hydrogens is 404 g/mol. The highest BCUT2D eigenvalue weighted by Crippen LogP contribution is 2.33. The summed E-state index contributed by atoms with van der Waals surface area (Å²) in [6, 6.07) is 27.1. The van der Waals surface area contributed by atoms with E-state index in [1.54, 1.807) is 15.9 Å². The summed E-state index contributed by atoms with van der Waals surface area (Å²) >= 11 is 1.56. The number of hydrogen-bond acceptors (Lipinski definition) is 5. The fourth-order valence-corrected chi connectivity index (χ4v) is 4.74. The molecule has 0 fully saturated rings. The zero-order chi connectivity index (χ0) is 20.8. The Balaban J connectivity index is 1.32. The van der Waals surface area contributed by atoms with Gasteiger partial charge in [-0.25, -0.2) is 0 Å². The van der Waals surface area contributed by atoms with E-state index < -0.39 is 0 Å². The molecule has 3 heterocycles. The Morgan fingerprint density at radius 2 is 1.58 bits per heavy atom. The third kappa shape index (κ3) is 3.12. The van der Waals surface area contributed by atoms with Crippen molar-refractivity contribution in [3.8, 4) is 22.7 Å². The Bertz CT molecular complexity index is 1510. The van der Waals surface area contributed by atoms with Gasteiger partial charge in [0, 0.05) is 17.4 Å². The fourth-order valence-electron chi connectivity index (χ4n) is 3.88. The first-order valence-electron chi connectivity index (χ1n) is 10.1. The molecule has 0 bridgehead atoms. The normalized spacial score (nSPS) is 11.5. The molecule has 0 radical (unpaired) electrons. The molecule has 6 heteroatoms. The van der Waals surface area contributed by atoms with E-state index in [1.807, 2.05) is 31.2 Å². The molecule has 0 N–H and O–H groups in total. The van der Waals surface area contributed by atoms with Crippen molar-refractivity contribution in [1.82, 2.24) is 19.8 Å². The molecule has 0 saturated carbocycles. The van der Waals surface area contributed by atoms with Crippen molar-refractivity contribution in [1.29, 1.82) is 0 Å². The van der Waals surface area contributed by atoms with Crippen molar-refractivity contribution >= 4 is 27.3 Å². The van der Waals surface area contributed by atoms with Crippen molar-refractivity contribution in [3.63, 3.8) is 0 Å². The van der Waals surface area contributed by atoms with E-state index in [0.29, 0.717) is 5.82 Å². The van der Waals surface area contributed by atoms with E-state index in [2.05, 4.69) is 64.8 Å². The molecule has 5 nitrogen and oxygen atoms in total. The lowest BCUT2D eigenvalue weighted by molar-refractivity contribution is 0.619. The highest BCUT2D eigenvalue weighted by atomic mass is 32.1. The van der Waals surface area contributed by atoms with E-state index in [4.69, 9.17) is 9.52 Å². The van der Waals surface area contributed by atoms with Crippen molar-refractivity contribution in [2.75, 3.05) is 0 Å². The molecule has 0 aliphatic carbocycles. The Kier molecular flexibility index (Phi) is 4.18. The van der Waals surface area contributed by atoms with Crippen LogP contribution in [0.15, 0.2) is 83.3 Å². The summed E-state index contributed by atoms with van der Waals surface area (Å²) in [6.07, 6.45) is 0.752. The third-order valence-electron chi connectivity index (χ3n) is 5.50. The van der Waals surface area contributed by atoms with Gasteiger partial charge in [0.1, 0.15) is 10.6 Å². The fraction of sp³-hybridized carbons (Fsp3) is 0.0800. The topological polar surface area (TPSA) is 56.2 Å². The minimum atomic E-state index is 0.644. The van der Waals surface area contributed by atoms with E-state index in [9.17, 15) is 0 Å². The predicted octanol–water partition coefficient (Wildman–Crippen LogP) is 6.17. The van der Waals surface area contributed by atoms with Gasteiger partial charge >= 0.3 is 0 Å². The second kappa shape index (κ2) is 7.18. The van der Waals surface area contributed by atoms with Gasteiger partial charge in [-0.3, -0.25) is 0 Å². The first-order valence-corrected chi connectivity index (χ1v) is 10.9. The van der Waals surface area contributed by atoms with Gasteiger partial charge in [-0.2, -0.15) is 9.61 Å². The Morgan fingerprint density at radius 3 is 2.39 bits per heavy atom. The maximum Gasteiger partial charge on any atom is 0.235 e. The lowest BCUT2D eigenvalue weighted by Gasteiger charge is -2.03. The molecule has 31 heavy (non-hydrogen) atoms. The summed E-state index contributed by atoms with van der Waals surface area (Å²) in [4.78, 5) is 0.769. The molecule has 0 unspecified atom stereocenters. The first-order chi connectivity index (χ1) is 15.3. The number of aromatic nitrogens is 4. The highest BCUT2D eigenvalue weighted by Gasteiger charge is 2.20. The lowest BCUT2D eigenvalue weighted by Crippen LogP contribution is -1.94. The maximum atomic E-state index is 6.08. The van der Waals surface area contributed by atoms with Gasteiger partial charge in [0.2, 0.25) is 10.8 Å². The van der Waals surface area contributed by atoms with Crippen molar-refractivity contribution < 1.29 is 4.42 Å². The van der Waals surface area contributed by atoms with E-state index in [0.717, 1.165) is 38.7 Å². The molecule has 0 saturated heterocycles. The molecule has 6 rings (SSSR count). The Morgan fingerprint density at radius 1 is 0.839 bits per heavy atom. The van der Waals surface area contributed by atoms with Crippen LogP contribution in [0, 0.1) is 6.92 Å². The van der Waals surface area contributed by atoms with Gasteiger partial charge in [-0.15, -0.1) is 10.2 Å². The van der Waals surface area contributed by atoms with Crippen LogP contribution in [0.4, 0.5) is 0 Å². The molecule has 150 valence electrons. The quantitative estimate of drug-likeness (QED) is 0.341. The van der Waals surface area contributed by atoms with Crippen LogP contribution in [0.3, 0.4) is 0 Å². The maximum absolute atomic E-state index is 6.08. The third-order valence-corrected chi connectivity index (χ3v) is 6.39. The predicted molar refractivity (Wildman–Crippen MR) is 123 cm³/mol. The van der Waals surface area contributed by atoms with E-state index in [1.165, 1.54) is 16.7 Å². The smallest absolute Gasteiger partial charge is 0.235 e. The molecule has 0 aliphatic heterocycles. The zero-order valence-corrected chi connectivity index (χ0v) is 17.6. The second-order valence-electron chi connectivity index (χ2n) is 7.51. The summed E-state index contributed by atoms with van der Waals surface area (Å²) in [5, 5.41) is 15.5. The summed E-state index contributed by atoms with van der Waals surface area (Å²) in [7, 11) is 0. The number of aryl methyl sites for hydroxylation is 1. The molecule has 0 amide bonds. The number of benzene rings is 3. The number of rotatable bonds is 4. The van der Waals surface area contributed by atoms with Crippen LogP contribution >= 0.6 is 11.3 Å². The highest BCUT2D eigenvalue weighted by molar-refractivity contribution is 7.16. The van der Waals surface area contributed by atoms with Gasteiger partial charge in [0.05, 0.1) is 0 Å². The van der Waals surface area contributed by atoms with E-state index in [-0.39, 0.29) is 0 Å². The number of furan rings is 1. The summed E-state index contributed by atoms with van der Waals surface area (Å²) in [6.45, 7) is 2.05. The van der Waals surface area contributed by atoms with Gasteiger partial charge in [0.15, 0.2) is 5.76 Å². The minimum Gasteiger partial charge on any atom is -0.452 e. The SMILES string of the molecule is Cc1c(-c2nnc3sc(Cc4ccc(-c5ccccc5)cc4)nn23)oc2ccccc12. The molecule has 0 spiro atoms. The van der Waals surface area contributed by atoms with Crippen molar-refractivity contribution in [3.05, 3.63) is 95.0 Å². The van der Waals surface area contributed by atoms with Crippen LogP contribution < -0.4 is 0 Å². The summed E-state index contributed by atoms with van der Waals surface area (Å²) in [5.41, 5.74) is 5.55. The van der Waals surface area contributed by atoms with Crippen LogP contribution in [0.1, 0.15) is 16.1 Å². The summed E-state index contributed by atoms with van der Waals surface area (Å²) in [5.74, 6) is 1.36. The average molecular weight is 423 g/mol. The Hall–Kier alpha value is -3.77. The lowest BCUT2D eigenvalue weighted by atomic mass is 10.0. The number of fused-ring (bicyclic) bond motifs is 2. The van der Waals surface area contributed by atoms with Crippen LogP contribution in [0.2, 0.25) is 0 Å². The minimum absolute atomic E-state index is 0.644. The molecule has 3 aromatic heterocycles. The first kappa shape index (κ1) is 18.0. The van der Waals surface area contributed by atoms with Gasteiger partial charge in [0.25, 0.3) is 0 Å². The van der Waals surface area contributed by atoms with E-state index >= 15 is 0 Å². The second-order valence-corrected chi connectivity index (χ2v) is 8.55. The largest absolute Gasteiger partial charge is 0.452 e. The van der Waals surface area contributed by atoms with Crippen LogP contribution in [-0.2, 0) is 6.42 Å². The van der Waals surface area contributed by atoms with Gasteiger partial charge < -0.3 is 4.42 Å². The van der Waals surface area contributed by atoms with Crippen molar-refractivity contribution in [2.45, 2.75) is 13.3 Å². The monoisotopic (exact) mass is 422 g/mol. The van der Waals surface area contributed by atoms with Crippen LogP contribution in [0.25, 0.3) is 38.6 Å². The number of hydrogen-bond donors (Lipinski definition) is 0. The van der Waals surface area contributed by atoms with Crippen LogP contribution in [-0.4, -0.2) is 19.8 Å². The standard InChI is InChI=1S/C25H18N4OS/c1-16-20-9-5-6-10-21(20)30-23(16)24-26-27-25-29(24)28-22(31-25)15-17-11-13-19(14-12-17)18-7-3-2-4-8-18/h2-14H,15H2,1H3.